The highest BCUT2D eigenvalue weighted by Crippen LogP contribution is 2.38. The summed E-state index contributed by atoms with van der Waals surface area (Å²) < 4.78 is 42.0. The highest BCUT2D eigenvalue weighted by atomic mass is 35.5. The van der Waals surface area contributed by atoms with Gasteiger partial charge in [0.15, 0.2) is 0 Å². The summed E-state index contributed by atoms with van der Waals surface area (Å²) in [4.78, 5) is 21.6. The number of nitrogens with two attached hydrogens (primary N) is 2. The number of anilines is 1. The second kappa shape index (κ2) is 13.1. The van der Waals surface area contributed by atoms with Crippen LogP contribution in [-0.2, 0) is 13.0 Å². The summed E-state index contributed by atoms with van der Waals surface area (Å²) in [5.74, 6) is -1.16. The molecule has 0 aliphatic carbocycles. The van der Waals surface area contributed by atoms with Gasteiger partial charge in [-0.1, -0.05) is 29.8 Å². The molecule has 12 heteroatoms. The van der Waals surface area contributed by atoms with E-state index in [-0.39, 0.29) is 11.1 Å². The Hall–Kier alpha value is -3.38. The molecular formula is C29H27ClF3N5OS2. The summed E-state index contributed by atoms with van der Waals surface area (Å²) in [6.07, 6.45) is -0.602. The lowest BCUT2D eigenvalue weighted by Gasteiger charge is -2.16. The Morgan fingerprint density at radius 2 is 1.90 bits per heavy atom. The molecule has 6 nitrogen and oxygen atoms in total. The van der Waals surface area contributed by atoms with Gasteiger partial charge in [-0.2, -0.15) is 13.2 Å². The first kappa shape index (κ1) is 30.6. The molecule has 5 aromatic rings. The summed E-state index contributed by atoms with van der Waals surface area (Å²) >= 11 is 8.93. The number of nitrogens with zero attached hydrogens (tertiary/aromatic N) is 3. The Kier molecular flexibility index (Phi) is 9.75. The van der Waals surface area contributed by atoms with Crippen LogP contribution < -0.4 is 16.4 Å². The zero-order valence-corrected chi connectivity index (χ0v) is 24.5. The van der Waals surface area contributed by atoms with Crippen LogP contribution in [0.2, 0.25) is 5.02 Å². The van der Waals surface area contributed by atoms with E-state index in [2.05, 4.69) is 9.97 Å². The molecule has 0 saturated heterocycles. The van der Waals surface area contributed by atoms with Gasteiger partial charge in [0.1, 0.15) is 5.82 Å². The second-order valence-electron chi connectivity index (χ2n) is 9.12. The largest absolute Gasteiger partial charge is 0.395 e. The quantitative estimate of drug-likeness (QED) is 0.190. The van der Waals surface area contributed by atoms with E-state index >= 15 is 0 Å². The monoisotopic (exact) mass is 617 g/mol. The standard InChI is InChI=1S/C22H17ClF3N3S.C7H10N2OS/c1-12(22(24,25)26)13-7-8-28-18(10-13)16-4-2-3-14-9-15(30-21(14)16)11-19-17(23)5-6-20(27)29-19;1-2-9-5-6(11-8)3-4-7(9)10/h2-10,12H,11H2,1H3,(H2,27,29);3-5H,2,8H2,1H3/t12-;/m1./s1. The van der Waals surface area contributed by atoms with E-state index in [1.807, 2.05) is 31.2 Å². The number of aryl methyl sites for hydroxylation is 1. The lowest BCUT2D eigenvalue weighted by Crippen LogP contribution is -2.17. The summed E-state index contributed by atoms with van der Waals surface area (Å²) in [6, 6.07) is 17.3. The van der Waals surface area contributed by atoms with Gasteiger partial charge in [-0.05, 0) is 73.1 Å². The maximum Gasteiger partial charge on any atom is 0.395 e. The van der Waals surface area contributed by atoms with E-state index in [9.17, 15) is 18.0 Å². The minimum absolute atomic E-state index is 0.0188. The lowest BCUT2D eigenvalue weighted by atomic mass is 9.99. The molecule has 0 fully saturated rings. The number of alkyl halides is 3. The molecule has 0 saturated carbocycles. The van der Waals surface area contributed by atoms with E-state index in [0.717, 1.165) is 44.3 Å². The number of rotatable bonds is 6. The van der Waals surface area contributed by atoms with Crippen molar-refractivity contribution in [1.29, 1.82) is 0 Å². The van der Waals surface area contributed by atoms with Crippen LogP contribution in [0.15, 0.2) is 82.7 Å². The van der Waals surface area contributed by atoms with E-state index < -0.39 is 12.1 Å². The number of hydrogen-bond donors (Lipinski definition) is 2. The number of hydrogen-bond acceptors (Lipinski definition) is 7. The highest BCUT2D eigenvalue weighted by Gasteiger charge is 2.37. The molecule has 214 valence electrons. The van der Waals surface area contributed by atoms with Crippen LogP contribution in [-0.4, -0.2) is 20.7 Å². The third-order valence-corrected chi connectivity index (χ3v) is 8.40. The average Bonchev–Trinajstić information content (AvgIpc) is 3.37. The maximum atomic E-state index is 13.1. The number of fused-ring (bicyclic) bond motifs is 1. The molecule has 0 aliphatic heterocycles. The molecule has 1 atom stereocenters. The Balaban J connectivity index is 0.000000296. The fourth-order valence-corrected chi connectivity index (χ4v) is 5.77. The molecular weight excluding hydrogens is 591 g/mol. The van der Waals surface area contributed by atoms with Gasteiger partial charge in [-0.3, -0.25) is 14.9 Å². The molecule has 4 N–H and O–H groups in total. The van der Waals surface area contributed by atoms with Gasteiger partial charge < -0.3 is 10.3 Å². The molecule has 4 heterocycles. The van der Waals surface area contributed by atoms with Gasteiger partial charge >= 0.3 is 6.18 Å². The first-order valence-corrected chi connectivity index (χ1v) is 14.6. The van der Waals surface area contributed by atoms with Gasteiger partial charge in [-0.25, -0.2) is 4.98 Å². The summed E-state index contributed by atoms with van der Waals surface area (Å²) in [6.45, 7) is 3.77. The van der Waals surface area contributed by atoms with Crippen molar-refractivity contribution in [2.24, 2.45) is 5.14 Å². The fourth-order valence-electron chi connectivity index (χ4n) is 4.07. The van der Waals surface area contributed by atoms with E-state index in [1.54, 1.807) is 40.3 Å². The van der Waals surface area contributed by atoms with Gasteiger partial charge in [0.25, 0.3) is 5.56 Å². The topological polar surface area (TPSA) is 99.8 Å². The smallest absolute Gasteiger partial charge is 0.384 e. The Bertz CT molecular complexity index is 1720. The van der Waals surface area contributed by atoms with Crippen molar-refractivity contribution in [2.45, 2.75) is 43.8 Å². The first-order chi connectivity index (χ1) is 19.5. The lowest BCUT2D eigenvalue weighted by molar-refractivity contribution is -0.146. The minimum Gasteiger partial charge on any atom is -0.384 e. The van der Waals surface area contributed by atoms with Gasteiger partial charge in [0.05, 0.1) is 22.3 Å². The van der Waals surface area contributed by atoms with Crippen LogP contribution >= 0.6 is 34.9 Å². The van der Waals surface area contributed by atoms with E-state index in [0.29, 0.717) is 35.2 Å². The predicted molar refractivity (Wildman–Crippen MR) is 162 cm³/mol. The maximum absolute atomic E-state index is 13.1. The molecule has 41 heavy (non-hydrogen) atoms. The fraction of sp³-hybridized carbons (Fsp3) is 0.207. The Morgan fingerprint density at radius 3 is 2.61 bits per heavy atom. The molecule has 0 spiro atoms. The Labute approximate surface area is 248 Å². The SMILES string of the molecule is CCn1cc(SN)ccc1=O.C[C@H](c1ccnc(-c2cccc3cc(Cc4nc(N)ccc4Cl)sc23)c1)C(F)(F)F. The number of benzene rings is 1. The van der Waals surface area contributed by atoms with Crippen LogP contribution in [0.5, 0.6) is 0 Å². The number of pyridine rings is 3. The first-order valence-electron chi connectivity index (χ1n) is 12.5. The van der Waals surface area contributed by atoms with Crippen molar-refractivity contribution in [3.8, 4) is 11.3 Å². The van der Waals surface area contributed by atoms with Crippen LogP contribution in [0.25, 0.3) is 21.3 Å². The van der Waals surface area contributed by atoms with Crippen molar-refractivity contribution in [3.05, 3.63) is 105 Å². The molecule has 0 amide bonds. The molecule has 0 radical (unpaired) electrons. The van der Waals surface area contributed by atoms with Crippen molar-refractivity contribution in [1.82, 2.24) is 14.5 Å². The van der Waals surface area contributed by atoms with Crippen LogP contribution in [0.4, 0.5) is 19.0 Å². The summed E-state index contributed by atoms with van der Waals surface area (Å²) in [7, 11) is 0. The second-order valence-corrected chi connectivity index (χ2v) is 11.4. The number of aromatic nitrogens is 3. The third kappa shape index (κ3) is 7.48. The summed E-state index contributed by atoms with van der Waals surface area (Å²) in [5, 5.41) is 6.85. The molecule has 0 aliphatic rings. The highest BCUT2D eigenvalue weighted by molar-refractivity contribution is 7.97. The van der Waals surface area contributed by atoms with Crippen molar-refractivity contribution < 1.29 is 13.2 Å². The van der Waals surface area contributed by atoms with E-state index in [1.165, 1.54) is 24.4 Å². The molecule has 1 aromatic carbocycles. The molecule has 0 unspecified atom stereocenters. The van der Waals surface area contributed by atoms with Gasteiger partial charge in [0, 0.05) is 51.5 Å². The van der Waals surface area contributed by atoms with Crippen molar-refractivity contribution in [3.63, 3.8) is 0 Å². The van der Waals surface area contributed by atoms with Crippen molar-refractivity contribution in [2.75, 3.05) is 5.73 Å². The van der Waals surface area contributed by atoms with Crippen molar-refractivity contribution >= 4 is 50.8 Å². The number of thiophene rings is 1. The zero-order valence-electron chi connectivity index (χ0n) is 22.2. The predicted octanol–water partition coefficient (Wildman–Crippen LogP) is 7.68. The van der Waals surface area contributed by atoms with Crippen LogP contribution in [0, 0.1) is 0 Å². The Morgan fingerprint density at radius 1 is 1.12 bits per heavy atom. The normalized spacial score (nSPS) is 12.2. The number of halogens is 4. The van der Waals surface area contributed by atoms with Crippen LogP contribution in [0.1, 0.15) is 35.9 Å². The minimum atomic E-state index is -4.30. The van der Waals surface area contributed by atoms with Gasteiger partial charge in [-0.15, -0.1) is 11.3 Å². The number of nitrogen functional groups attached to an aromatic ring is 1. The van der Waals surface area contributed by atoms with Gasteiger partial charge in [0.2, 0.25) is 0 Å². The molecule has 4 aromatic heterocycles. The zero-order chi connectivity index (χ0) is 29.7. The third-order valence-electron chi connectivity index (χ3n) is 6.36. The van der Waals surface area contributed by atoms with E-state index in [4.69, 9.17) is 22.5 Å². The average molecular weight is 618 g/mol. The molecule has 5 rings (SSSR count). The molecule has 0 bridgehead atoms. The summed E-state index contributed by atoms with van der Waals surface area (Å²) in [5.41, 5.74) is 7.98. The van der Waals surface area contributed by atoms with Crippen LogP contribution in [0.3, 0.4) is 0 Å².